The Morgan fingerprint density at radius 3 is 1.52 bits per heavy atom. The maximum Gasteiger partial charge on any atom is 0.0617 e. The number of aryl methyl sites for hydroxylation is 1. The first-order chi connectivity index (χ1) is 23.6. The summed E-state index contributed by atoms with van der Waals surface area (Å²) in [6, 6.07) is 53.1. The van der Waals surface area contributed by atoms with E-state index < -0.39 is 0 Å². The Morgan fingerprint density at radius 2 is 1.06 bits per heavy atom. The van der Waals surface area contributed by atoms with Crippen molar-refractivity contribution in [3.63, 3.8) is 0 Å². The highest BCUT2D eigenvalue weighted by atomic mass is 14.9. The van der Waals surface area contributed by atoms with Gasteiger partial charge in [-0.05, 0) is 93.0 Å². The molecule has 0 amide bonds. The van der Waals surface area contributed by atoms with Crippen molar-refractivity contribution in [2.24, 2.45) is 0 Å². The number of nitrogens with one attached hydrogen (secondary N) is 1. The predicted octanol–water partition coefficient (Wildman–Crippen LogP) is 12.8. The van der Waals surface area contributed by atoms with Crippen LogP contribution in [0.2, 0.25) is 0 Å². The minimum atomic E-state index is 0.729. The topological polar surface area (TPSA) is 38.0 Å². The van der Waals surface area contributed by atoms with Crippen molar-refractivity contribution in [3.05, 3.63) is 194 Å². The third kappa shape index (κ3) is 6.99. The van der Waals surface area contributed by atoms with Gasteiger partial charge in [0.2, 0.25) is 0 Å². The Labute approximate surface area is 284 Å². The lowest BCUT2D eigenvalue weighted by Crippen LogP contribution is -1.96. The molecule has 0 atom stereocenters. The summed E-state index contributed by atoms with van der Waals surface area (Å²) < 4.78 is 0. The highest BCUT2D eigenvalue weighted by Crippen LogP contribution is 2.44. The van der Waals surface area contributed by atoms with Crippen LogP contribution in [0.4, 0.5) is 17.1 Å². The summed E-state index contributed by atoms with van der Waals surface area (Å²) in [7, 11) is 0. The van der Waals surface area contributed by atoms with Crippen molar-refractivity contribution in [1.82, 2.24) is 0 Å². The number of fused-ring (bicyclic) bond motifs is 2. The lowest BCUT2D eigenvalue weighted by Gasteiger charge is -2.18. The molecule has 0 aliphatic heterocycles. The molecule has 7 aromatic carbocycles. The second-order valence-corrected chi connectivity index (χ2v) is 11.7. The van der Waals surface area contributed by atoms with Gasteiger partial charge in [0.1, 0.15) is 0 Å². The number of nitrogen functional groups attached to an aromatic ring is 1. The summed E-state index contributed by atoms with van der Waals surface area (Å²) in [5.74, 6) is 0. The number of rotatable bonds is 7. The lowest BCUT2D eigenvalue weighted by molar-refractivity contribution is 1.48. The molecule has 234 valence electrons. The molecule has 0 radical (unpaired) electrons. The maximum absolute atomic E-state index is 6.15. The Balaban J connectivity index is 0.000000510. The quantitative estimate of drug-likeness (QED) is 0.106. The van der Waals surface area contributed by atoms with Crippen LogP contribution < -0.4 is 11.1 Å². The third-order valence-electron chi connectivity index (χ3n) is 8.44. The van der Waals surface area contributed by atoms with E-state index in [9.17, 15) is 0 Å². The fourth-order valence-corrected chi connectivity index (χ4v) is 6.16. The first-order valence-electron chi connectivity index (χ1n) is 16.3. The van der Waals surface area contributed by atoms with Crippen LogP contribution in [0.25, 0.3) is 49.4 Å². The van der Waals surface area contributed by atoms with E-state index >= 15 is 0 Å². The summed E-state index contributed by atoms with van der Waals surface area (Å²) in [6.45, 7) is 8.00. The van der Waals surface area contributed by atoms with Crippen LogP contribution in [0, 0.1) is 6.92 Å². The zero-order chi connectivity index (χ0) is 33.3. The normalized spacial score (nSPS) is 11.3. The summed E-state index contributed by atoms with van der Waals surface area (Å²) in [5, 5.41) is 8.40. The molecular formula is C46H40N2. The van der Waals surface area contributed by atoms with Gasteiger partial charge in [0.15, 0.2) is 0 Å². The standard InChI is InChI=1S/C39H32N2.C7H8/c1-3-11-27(12-4-2)28-19-21-29(22-20-28)38-32-13-5-7-15-34(32)39(35-16-8-6-14-33(35)38)30-23-25-31(26-24-30)41-37-18-10-9-17-36(37)40;1-7-5-3-2-4-6-7/h3-26,41H,1,40H2,2H3;2-6H,1H3/b12-4-,27-11+;. The molecule has 0 aliphatic rings. The average molecular weight is 621 g/mol. The van der Waals surface area contributed by atoms with E-state index in [4.69, 9.17) is 5.73 Å². The maximum atomic E-state index is 6.15. The van der Waals surface area contributed by atoms with Crippen LogP contribution >= 0.6 is 0 Å². The van der Waals surface area contributed by atoms with Gasteiger partial charge in [-0.15, -0.1) is 0 Å². The fourth-order valence-electron chi connectivity index (χ4n) is 6.16. The summed E-state index contributed by atoms with van der Waals surface area (Å²) in [4.78, 5) is 0. The van der Waals surface area contributed by atoms with Crippen LogP contribution in [0.15, 0.2) is 183 Å². The number of anilines is 3. The molecule has 0 saturated heterocycles. The number of benzene rings is 7. The van der Waals surface area contributed by atoms with E-state index in [1.54, 1.807) is 0 Å². The average Bonchev–Trinajstić information content (AvgIpc) is 3.13. The summed E-state index contributed by atoms with van der Waals surface area (Å²) >= 11 is 0. The van der Waals surface area contributed by atoms with E-state index in [0.717, 1.165) is 22.6 Å². The summed E-state index contributed by atoms with van der Waals surface area (Å²) in [6.07, 6.45) is 8.06. The molecule has 0 aromatic heterocycles. The molecule has 2 heteroatoms. The SMILES string of the molecule is C=C/C=C(\C=C/C)c1ccc(-c2c3ccccc3c(-c3ccc(Nc4ccccc4N)cc3)c3ccccc23)cc1.Cc1ccccc1. The van der Waals surface area contributed by atoms with Crippen molar-refractivity contribution in [3.8, 4) is 22.3 Å². The fraction of sp³-hybridized carbons (Fsp3) is 0.0435. The lowest BCUT2D eigenvalue weighted by atomic mass is 9.85. The Hall–Kier alpha value is -6.12. The zero-order valence-electron chi connectivity index (χ0n) is 27.5. The van der Waals surface area contributed by atoms with E-state index in [2.05, 4.69) is 140 Å². The first-order valence-corrected chi connectivity index (χ1v) is 16.3. The Kier molecular flexibility index (Phi) is 9.94. The molecule has 0 bridgehead atoms. The summed E-state index contributed by atoms with van der Waals surface area (Å²) in [5.41, 5.74) is 17.3. The Morgan fingerprint density at radius 1 is 0.583 bits per heavy atom. The molecule has 0 aliphatic carbocycles. The molecule has 0 fully saturated rings. The molecule has 3 N–H and O–H groups in total. The molecule has 7 aromatic rings. The van der Waals surface area contributed by atoms with Crippen LogP contribution in [0.1, 0.15) is 18.1 Å². The largest absolute Gasteiger partial charge is 0.397 e. The van der Waals surface area contributed by atoms with Gasteiger partial charge < -0.3 is 11.1 Å². The van der Waals surface area contributed by atoms with Gasteiger partial charge in [-0.25, -0.2) is 0 Å². The second kappa shape index (κ2) is 15.0. The van der Waals surface area contributed by atoms with Crippen molar-refractivity contribution in [2.45, 2.75) is 13.8 Å². The first kappa shape index (κ1) is 31.8. The second-order valence-electron chi connectivity index (χ2n) is 11.7. The highest BCUT2D eigenvalue weighted by Gasteiger charge is 2.16. The van der Waals surface area contributed by atoms with Crippen LogP contribution in [-0.4, -0.2) is 0 Å². The van der Waals surface area contributed by atoms with Gasteiger partial charge in [0, 0.05) is 5.69 Å². The van der Waals surface area contributed by atoms with E-state index in [1.165, 1.54) is 54.9 Å². The monoisotopic (exact) mass is 620 g/mol. The minimum Gasteiger partial charge on any atom is -0.397 e. The van der Waals surface area contributed by atoms with Gasteiger partial charge in [-0.2, -0.15) is 0 Å². The molecule has 0 spiro atoms. The van der Waals surface area contributed by atoms with Crippen molar-refractivity contribution < 1.29 is 0 Å². The Bertz CT molecular complexity index is 2170. The molecule has 0 unspecified atom stereocenters. The van der Waals surface area contributed by atoms with Crippen molar-refractivity contribution in [1.29, 1.82) is 0 Å². The number of nitrogens with two attached hydrogens (primary N) is 1. The molecule has 7 rings (SSSR count). The minimum absolute atomic E-state index is 0.729. The van der Waals surface area contributed by atoms with E-state index in [1.807, 2.05) is 61.5 Å². The van der Waals surface area contributed by atoms with E-state index in [0.29, 0.717) is 0 Å². The van der Waals surface area contributed by atoms with Gasteiger partial charge in [-0.1, -0.05) is 164 Å². The molecule has 0 saturated carbocycles. The van der Waals surface area contributed by atoms with Gasteiger partial charge in [0.05, 0.1) is 11.4 Å². The predicted molar refractivity (Wildman–Crippen MR) is 211 cm³/mol. The van der Waals surface area contributed by atoms with Crippen molar-refractivity contribution in [2.75, 3.05) is 11.1 Å². The third-order valence-corrected chi connectivity index (χ3v) is 8.44. The zero-order valence-corrected chi connectivity index (χ0v) is 27.5. The van der Waals surface area contributed by atoms with Crippen LogP contribution in [0.3, 0.4) is 0 Å². The highest BCUT2D eigenvalue weighted by molar-refractivity contribution is 6.21. The van der Waals surface area contributed by atoms with Crippen LogP contribution in [-0.2, 0) is 0 Å². The van der Waals surface area contributed by atoms with Crippen molar-refractivity contribution >= 4 is 44.2 Å². The molecule has 48 heavy (non-hydrogen) atoms. The molecular weight excluding hydrogens is 581 g/mol. The number of hydrogen-bond donors (Lipinski definition) is 2. The number of para-hydroxylation sites is 2. The van der Waals surface area contributed by atoms with Gasteiger partial charge >= 0.3 is 0 Å². The van der Waals surface area contributed by atoms with E-state index in [-0.39, 0.29) is 0 Å². The molecule has 0 heterocycles. The van der Waals surface area contributed by atoms with Crippen LogP contribution in [0.5, 0.6) is 0 Å². The van der Waals surface area contributed by atoms with Gasteiger partial charge in [-0.3, -0.25) is 0 Å². The molecule has 2 nitrogen and oxygen atoms in total. The smallest absolute Gasteiger partial charge is 0.0617 e. The number of allylic oxidation sites excluding steroid dienone is 5. The number of hydrogen-bond acceptors (Lipinski definition) is 2. The van der Waals surface area contributed by atoms with Gasteiger partial charge in [0.25, 0.3) is 0 Å².